The van der Waals surface area contributed by atoms with E-state index in [0.717, 1.165) is 70.8 Å². The first-order valence-electron chi connectivity index (χ1n) is 13.3. The van der Waals surface area contributed by atoms with Gasteiger partial charge in [0.1, 0.15) is 17.2 Å². The number of rotatable bonds is 7. The third kappa shape index (κ3) is 4.99. The van der Waals surface area contributed by atoms with Crippen LogP contribution in [0.4, 0.5) is 0 Å². The molecule has 5 nitrogen and oxygen atoms in total. The Bertz CT molecular complexity index is 1590. The van der Waals surface area contributed by atoms with Crippen molar-refractivity contribution in [2.75, 3.05) is 0 Å². The molecule has 0 atom stereocenters. The number of aryl methyl sites for hydroxylation is 2. The normalized spacial score (nSPS) is 13.6. The van der Waals surface area contributed by atoms with Gasteiger partial charge < -0.3 is 4.74 Å². The van der Waals surface area contributed by atoms with Crippen molar-refractivity contribution in [3.05, 3.63) is 105 Å². The van der Waals surface area contributed by atoms with E-state index in [1.165, 1.54) is 0 Å². The Labute approximate surface area is 224 Å². The summed E-state index contributed by atoms with van der Waals surface area (Å²) >= 11 is 0. The Balaban J connectivity index is 1.53. The van der Waals surface area contributed by atoms with Crippen LogP contribution in [0.2, 0.25) is 0 Å². The first-order valence-corrected chi connectivity index (χ1v) is 13.3. The molecule has 1 aliphatic heterocycles. The second-order valence-corrected chi connectivity index (χ2v) is 10.7. The molecule has 0 bridgehead atoms. The van der Waals surface area contributed by atoms with Gasteiger partial charge in [-0.25, -0.2) is 4.98 Å². The number of hydrogen-bond acceptors (Lipinski definition) is 4. The SMILES string of the molecule is CCCCc1nc(C)c(-c2ccc3c(c2)CC(C)(C)O3)c(=O)n1Cc1ccc(-c2ccccc2C#N)cc1. The van der Waals surface area contributed by atoms with Crippen molar-refractivity contribution in [2.24, 2.45) is 0 Å². The van der Waals surface area contributed by atoms with Gasteiger partial charge in [0.2, 0.25) is 0 Å². The quantitative estimate of drug-likeness (QED) is 0.276. The summed E-state index contributed by atoms with van der Waals surface area (Å²) in [5.74, 6) is 1.71. The van der Waals surface area contributed by atoms with Gasteiger partial charge in [0.15, 0.2) is 0 Å². The van der Waals surface area contributed by atoms with Gasteiger partial charge in [0, 0.05) is 12.8 Å². The Kier molecular flexibility index (Phi) is 6.91. The highest BCUT2D eigenvalue weighted by Crippen LogP contribution is 2.37. The standard InChI is InChI=1S/C33H33N3O2/c1-5-6-11-30-35-22(2)31(25-16-17-29-27(18-25)19-33(3,4)38-29)32(37)36(30)21-23-12-14-24(15-13-23)28-10-8-7-9-26(28)20-34/h7-10,12-18H,5-6,11,19,21H2,1-4H3. The highest BCUT2D eigenvalue weighted by atomic mass is 16.5. The van der Waals surface area contributed by atoms with Crippen LogP contribution >= 0.6 is 0 Å². The number of fused-ring (bicyclic) bond motifs is 1. The summed E-state index contributed by atoms with van der Waals surface area (Å²) in [5.41, 5.74) is 6.73. The van der Waals surface area contributed by atoms with E-state index in [9.17, 15) is 10.1 Å². The van der Waals surface area contributed by atoms with Crippen LogP contribution in [0.15, 0.2) is 71.5 Å². The van der Waals surface area contributed by atoms with E-state index in [0.29, 0.717) is 17.7 Å². The molecule has 0 radical (unpaired) electrons. The minimum atomic E-state index is -0.238. The molecule has 0 N–H and O–H groups in total. The summed E-state index contributed by atoms with van der Waals surface area (Å²) in [6, 6.07) is 24.0. The summed E-state index contributed by atoms with van der Waals surface area (Å²) in [7, 11) is 0. The molecule has 192 valence electrons. The van der Waals surface area contributed by atoms with Crippen molar-refractivity contribution in [2.45, 2.75) is 65.5 Å². The van der Waals surface area contributed by atoms with E-state index in [1.54, 1.807) is 0 Å². The van der Waals surface area contributed by atoms with Crippen LogP contribution in [0.3, 0.4) is 0 Å². The van der Waals surface area contributed by atoms with E-state index < -0.39 is 0 Å². The second kappa shape index (κ2) is 10.3. The lowest BCUT2D eigenvalue weighted by atomic mass is 9.97. The summed E-state index contributed by atoms with van der Waals surface area (Å²) < 4.78 is 7.89. The lowest BCUT2D eigenvalue weighted by Crippen LogP contribution is -2.28. The monoisotopic (exact) mass is 503 g/mol. The minimum Gasteiger partial charge on any atom is -0.487 e. The molecule has 5 rings (SSSR count). The maximum absolute atomic E-state index is 14.0. The molecule has 0 amide bonds. The summed E-state index contributed by atoms with van der Waals surface area (Å²) in [6.07, 6.45) is 3.57. The molecule has 0 fully saturated rings. The van der Waals surface area contributed by atoms with Crippen molar-refractivity contribution in [3.63, 3.8) is 0 Å². The van der Waals surface area contributed by atoms with Gasteiger partial charge in [0.25, 0.3) is 5.56 Å². The van der Waals surface area contributed by atoms with Crippen molar-refractivity contribution in [1.29, 1.82) is 5.26 Å². The molecule has 2 heterocycles. The predicted octanol–water partition coefficient (Wildman–Crippen LogP) is 6.86. The Hall–Kier alpha value is -4.17. The molecule has 38 heavy (non-hydrogen) atoms. The fourth-order valence-electron chi connectivity index (χ4n) is 5.31. The van der Waals surface area contributed by atoms with Crippen molar-refractivity contribution in [1.82, 2.24) is 9.55 Å². The number of unbranched alkanes of at least 4 members (excludes halogenated alkanes) is 1. The zero-order chi connectivity index (χ0) is 26.9. The molecular weight excluding hydrogens is 470 g/mol. The Morgan fingerprint density at radius 3 is 2.53 bits per heavy atom. The van der Waals surface area contributed by atoms with Crippen LogP contribution < -0.4 is 10.3 Å². The third-order valence-electron chi connectivity index (χ3n) is 7.19. The van der Waals surface area contributed by atoms with E-state index in [2.05, 4.69) is 32.9 Å². The molecule has 0 spiro atoms. The lowest BCUT2D eigenvalue weighted by molar-refractivity contribution is 0.138. The number of benzene rings is 3. The third-order valence-corrected chi connectivity index (χ3v) is 7.19. The van der Waals surface area contributed by atoms with Gasteiger partial charge in [-0.2, -0.15) is 5.26 Å². The van der Waals surface area contributed by atoms with E-state index in [4.69, 9.17) is 9.72 Å². The highest BCUT2D eigenvalue weighted by Gasteiger charge is 2.30. The van der Waals surface area contributed by atoms with E-state index in [1.807, 2.05) is 72.2 Å². The van der Waals surface area contributed by atoms with E-state index in [-0.39, 0.29) is 11.2 Å². The Morgan fingerprint density at radius 1 is 1.05 bits per heavy atom. The molecule has 5 heteroatoms. The fourth-order valence-corrected chi connectivity index (χ4v) is 5.31. The first kappa shape index (κ1) is 25.5. The zero-order valence-corrected chi connectivity index (χ0v) is 22.5. The maximum Gasteiger partial charge on any atom is 0.261 e. The van der Waals surface area contributed by atoms with Crippen LogP contribution in [0.25, 0.3) is 22.3 Å². The summed E-state index contributed by atoms with van der Waals surface area (Å²) in [6.45, 7) is 8.69. The number of nitriles is 1. The molecule has 0 aliphatic carbocycles. The number of aromatic nitrogens is 2. The zero-order valence-electron chi connectivity index (χ0n) is 22.5. The van der Waals surface area contributed by atoms with Crippen molar-refractivity contribution >= 4 is 0 Å². The molecule has 4 aromatic rings. The van der Waals surface area contributed by atoms with Crippen molar-refractivity contribution in [3.8, 4) is 34.1 Å². The summed E-state index contributed by atoms with van der Waals surface area (Å²) in [5, 5.41) is 9.48. The van der Waals surface area contributed by atoms with Crippen LogP contribution in [0.1, 0.15) is 61.8 Å². The van der Waals surface area contributed by atoms with Gasteiger partial charge in [-0.3, -0.25) is 9.36 Å². The second-order valence-electron chi connectivity index (χ2n) is 10.7. The largest absolute Gasteiger partial charge is 0.487 e. The predicted molar refractivity (Wildman–Crippen MR) is 151 cm³/mol. The molecule has 0 saturated heterocycles. The molecule has 0 unspecified atom stereocenters. The lowest BCUT2D eigenvalue weighted by Gasteiger charge is -2.17. The number of nitrogens with zero attached hydrogens (tertiary/aromatic N) is 3. The molecular formula is C33H33N3O2. The van der Waals surface area contributed by atoms with Crippen LogP contribution in [-0.4, -0.2) is 15.2 Å². The summed E-state index contributed by atoms with van der Waals surface area (Å²) in [4.78, 5) is 19.0. The average molecular weight is 504 g/mol. The maximum atomic E-state index is 14.0. The molecule has 1 aliphatic rings. The van der Waals surface area contributed by atoms with Crippen molar-refractivity contribution < 1.29 is 4.74 Å². The van der Waals surface area contributed by atoms with Gasteiger partial charge in [-0.1, -0.05) is 61.9 Å². The Morgan fingerprint density at radius 2 is 1.79 bits per heavy atom. The number of hydrogen-bond donors (Lipinski definition) is 0. The van der Waals surface area contributed by atoms with Crippen LogP contribution in [0.5, 0.6) is 5.75 Å². The fraction of sp³-hybridized carbons (Fsp3) is 0.303. The number of ether oxygens (including phenoxy) is 1. The minimum absolute atomic E-state index is 0.0133. The molecule has 0 saturated carbocycles. The molecule has 3 aromatic carbocycles. The van der Waals surface area contributed by atoms with Gasteiger partial charge in [-0.05, 0) is 73.2 Å². The van der Waals surface area contributed by atoms with E-state index >= 15 is 0 Å². The van der Waals surface area contributed by atoms with Crippen LogP contribution in [-0.2, 0) is 19.4 Å². The topological polar surface area (TPSA) is 67.9 Å². The van der Waals surface area contributed by atoms with Gasteiger partial charge in [-0.15, -0.1) is 0 Å². The first-order chi connectivity index (χ1) is 18.3. The smallest absolute Gasteiger partial charge is 0.261 e. The highest BCUT2D eigenvalue weighted by molar-refractivity contribution is 5.71. The van der Waals surface area contributed by atoms with Gasteiger partial charge >= 0.3 is 0 Å². The molecule has 1 aromatic heterocycles. The van der Waals surface area contributed by atoms with Crippen LogP contribution in [0, 0.1) is 18.3 Å². The van der Waals surface area contributed by atoms with Gasteiger partial charge in [0.05, 0.1) is 29.4 Å². The average Bonchev–Trinajstić information content (AvgIpc) is 3.22.